The maximum absolute atomic E-state index is 11.7. The molecule has 2 rings (SSSR count). The molecule has 0 aliphatic carbocycles. The number of benzene rings is 1. The first kappa shape index (κ1) is 13.1. The predicted molar refractivity (Wildman–Crippen MR) is 74.5 cm³/mol. The van der Waals surface area contributed by atoms with E-state index in [-0.39, 0.29) is 11.8 Å². The van der Waals surface area contributed by atoms with E-state index in [0.717, 1.165) is 36.0 Å². The van der Waals surface area contributed by atoms with Gasteiger partial charge in [0.2, 0.25) is 0 Å². The van der Waals surface area contributed by atoms with Gasteiger partial charge in [0.25, 0.3) is 0 Å². The van der Waals surface area contributed by atoms with Crippen molar-refractivity contribution in [2.75, 3.05) is 11.4 Å². The van der Waals surface area contributed by atoms with Crippen molar-refractivity contribution in [3.8, 4) is 6.07 Å². The van der Waals surface area contributed by atoms with Crippen LogP contribution in [0.1, 0.15) is 31.7 Å². The molecule has 1 aromatic carbocycles. The average Bonchev–Trinajstić information content (AvgIpc) is 2.38. The van der Waals surface area contributed by atoms with Gasteiger partial charge in [0, 0.05) is 11.0 Å². The zero-order valence-electron chi connectivity index (χ0n) is 10.3. The molecule has 1 aliphatic rings. The first-order valence-corrected chi connectivity index (χ1v) is 6.89. The van der Waals surface area contributed by atoms with Crippen LogP contribution in [0.15, 0.2) is 22.7 Å². The summed E-state index contributed by atoms with van der Waals surface area (Å²) in [5, 5.41) is 9.19. The molecule has 1 heterocycles. The van der Waals surface area contributed by atoms with Crippen molar-refractivity contribution >= 4 is 27.4 Å². The van der Waals surface area contributed by atoms with Crippen molar-refractivity contribution in [1.29, 1.82) is 5.26 Å². The van der Waals surface area contributed by atoms with Gasteiger partial charge in [0.05, 0.1) is 17.3 Å². The molecular weight excluding hydrogens is 292 g/mol. The summed E-state index contributed by atoms with van der Waals surface area (Å²) >= 11 is 3.43. The topological polar surface area (TPSA) is 44.1 Å². The first-order valence-electron chi connectivity index (χ1n) is 6.10. The fourth-order valence-corrected chi connectivity index (χ4v) is 2.83. The molecule has 1 unspecified atom stereocenters. The minimum absolute atomic E-state index is 0.0832. The fraction of sp³-hybridized carbons (Fsp3) is 0.429. The molecule has 1 atom stereocenters. The summed E-state index contributed by atoms with van der Waals surface area (Å²) in [5.41, 5.74) is 1.50. The number of nitrogens with zero attached hydrogens (tertiary/aromatic N) is 2. The Bertz CT molecular complexity index is 507. The second-order valence-corrected chi connectivity index (χ2v) is 5.50. The van der Waals surface area contributed by atoms with Crippen LogP contribution >= 0.6 is 15.9 Å². The number of halogens is 1. The Balaban J connectivity index is 2.42. The number of Topliss-reactive ketones (excluding diaryl/α,β-unsaturated/α-hetero) is 1. The SMILES string of the molecule is CC(=O)C1CCCCN1c1cc(Br)ccc1C#N. The lowest BCUT2D eigenvalue weighted by atomic mass is 9.97. The highest BCUT2D eigenvalue weighted by Crippen LogP contribution is 2.30. The Hall–Kier alpha value is -1.34. The van der Waals surface area contributed by atoms with Crippen molar-refractivity contribution in [3.05, 3.63) is 28.2 Å². The van der Waals surface area contributed by atoms with Gasteiger partial charge >= 0.3 is 0 Å². The maximum atomic E-state index is 11.7. The Morgan fingerprint density at radius 3 is 2.94 bits per heavy atom. The summed E-state index contributed by atoms with van der Waals surface area (Å²) in [7, 11) is 0. The summed E-state index contributed by atoms with van der Waals surface area (Å²) in [4.78, 5) is 13.8. The molecule has 0 aromatic heterocycles. The lowest BCUT2D eigenvalue weighted by Gasteiger charge is -2.36. The molecule has 0 saturated carbocycles. The van der Waals surface area contributed by atoms with E-state index < -0.39 is 0 Å². The molecule has 0 radical (unpaired) electrons. The molecule has 1 fully saturated rings. The number of piperidine rings is 1. The summed E-state index contributed by atoms with van der Waals surface area (Å²) in [5.74, 6) is 0.179. The molecule has 18 heavy (non-hydrogen) atoms. The molecule has 0 spiro atoms. The van der Waals surface area contributed by atoms with Crippen molar-refractivity contribution in [1.82, 2.24) is 0 Å². The van der Waals surface area contributed by atoms with Gasteiger partial charge in [-0.2, -0.15) is 5.26 Å². The lowest BCUT2D eigenvalue weighted by molar-refractivity contribution is -0.118. The van der Waals surface area contributed by atoms with Gasteiger partial charge in [0.1, 0.15) is 6.07 Å². The van der Waals surface area contributed by atoms with Crippen LogP contribution in [0.5, 0.6) is 0 Å². The molecule has 0 bridgehead atoms. The number of hydrogen-bond donors (Lipinski definition) is 0. The summed E-state index contributed by atoms with van der Waals surface area (Å²) in [6.07, 6.45) is 3.03. The average molecular weight is 307 g/mol. The summed E-state index contributed by atoms with van der Waals surface area (Å²) in [6, 6.07) is 7.71. The van der Waals surface area contributed by atoms with E-state index in [4.69, 9.17) is 0 Å². The summed E-state index contributed by atoms with van der Waals surface area (Å²) in [6.45, 7) is 2.47. The zero-order valence-corrected chi connectivity index (χ0v) is 11.9. The van der Waals surface area contributed by atoms with E-state index in [1.165, 1.54) is 0 Å². The van der Waals surface area contributed by atoms with Gasteiger partial charge in [-0.3, -0.25) is 4.79 Å². The van der Waals surface area contributed by atoms with Crippen molar-refractivity contribution in [2.24, 2.45) is 0 Å². The Morgan fingerprint density at radius 1 is 1.50 bits per heavy atom. The highest BCUT2D eigenvalue weighted by Gasteiger charge is 2.27. The van der Waals surface area contributed by atoms with E-state index in [1.54, 1.807) is 13.0 Å². The van der Waals surface area contributed by atoms with Gasteiger partial charge in [-0.15, -0.1) is 0 Å². The highest BCUT2D eigenvalue weighted by molar-refractivity contribution is 9.10. The van der Waals surface area contributed by atoms with Crippen LogP contribution in [0.25, 0.3) is 0 Å². The van der Waals surface area contributed by atoms with Crippen molar-refractivity contribution < 1.29 is 4.79 Å². The minimum atomic E-state index is -0.0832. The number of anilines is 1. The third-order valence-electron chi connectivity index (χ3n) is 3.36. The minimum Gasteiger partial charge on any atom is -0.360 e. The van der Waals surface area contributed by atoms with Gasteiger partial charge in [0.15, 0.2) is 5.78 Å². The Labute approximate surface area is 116 Å². The van der Waals surface area contributed by atoms with E-state index in [2.05, 4.69) is 26.9 Å². The number of carbonyl (C=O) groups excluding carboxylic acids is 1. The predicted octanol–water partition coefficient (Wildman–Crippen LogP) is 3.27. The van der Waals surface area contributed by atoms with Gasteiger partial charge in [-0.05, 0) is 44.4 Å². The van der Waals surface area contributed by atoms with Crippen LogP contribution < -0.4 is 4.90 Å². The van der Waals surface area contributed by atoms with Crippen molar-refractivity contribution in [3.63, 3.8) is 0 Å². The Kier molecular flexibility index (Phi) is 4.03. The molecule has 1 aliphatic heterocycles. The van der Waals surface area contributed by atoms with Gasteiger partial charge in [-0.1, -0.05) is 15.9 Å². The number of carbonyl (C=O) groups is 1. The fourth-order valence-electron chi connectivity index (χ4n) is 2.48. The third-order valence-corrected chi connectivity index (χ3v) is 3.85. The van der Waals surface area contributed by atoms with E-state index in [9.17, 15) is 10.1 Å². The molecule has 0 amide bonds. The molecule has 3 nitrogen and oxygen atoms in total. The number of hydrogen-bond acceptors (Lipinski definition) is 3. The number of ketones is 1. The second kappa shape index (κ2) is 5.53. The molecular formula is C14H15BrN2O. The third kappa shape index (κ3) is 2.56. The zero-order chi connectivity index (χ0) is 13.1. The van der Waals surface area contributed by atoms with Crippen molar-refractivity contribution in [2.45, 2.75) is 32.2 Å². The molecule has 1 aromatic rings. The Morgan fingerprint density at radius 2 is 2.28 bits per heavy atom. The first-order chi connectivity index (χ1) is 8.63. The van der Waals surface area contributed by atoms with Crippen LogP contribution in [0.4, 0.5) is 5.69 Å². The standard InChI is InChI=1S/C14H15BrN2O/c1-10(18)13-4-2-3-7-17(13)14-8-12(15)6-5-11(14)9-16/h5-6,8,13H,2-4,7H2,1H3. The molecule has 4 heteroatoms. The van der Waals surface area contributed by atoms with Crippen LogP contribution in [-0.2, 0) is 4.79 Å². The van der Waals surface area contributed by atoms with Gasteiger partial charge in [-0.25, -0.2) is 0 Å². The number of nitriles is 1. The number of rotatable bonds is 2. The maximum Gasteiger partial charge on any atom is 0.152 e. The monoisotopic (exact) mass is 306 g/mol. The normalized spacial score (nSPS) is 19.4. The van der Waals surface area contributed by atoms with E-state index in [0.29, 0.717) is 5.56 Å². The summed E-state index contributed by atoms with van der Waals surface area (Å²) < 4.78 is 0.935. The van der Waals surface area contributed by atoms with Crippen LogP contribution in [-0.4, -0.2) is 18.4 Å². The largest absolute Gasteiger partial charge is 0.360 e. The van der Waals surface area contributed by atoms with Gasteiger partial charge < -0.3 is 4.90 Å². The molecule has 1 saturated heterocycles. The second-order valence-electron chi connectivity index (χ2n) is 4.59. The van der Waals surface area contributed by atoms with E-state index >= 15 is 0 Å². The smallest absolute Gasteiger partial charge is 0.152 e. The molecule has 94 valence electrons. The van der Waals surface area contributed by atoms with Crippen LogP contribution in [0.3, 0.4) is 0 Å². The highest BCUT2D eigenvalue weighted by atomic mass is 79.9. The van der Waals surface area contributed by atoms with Crippen LogP contribution in [0, 0.1) is 11.3 Å². The van der Waals surface area contributed by atoms with Crippen LogP contribution in [0.2, 0.25) is 0 Å². The van der Waals surface area contributed by atoms with E-state index in [1.807, 2.05) is 12.1 Å². The quantitative estimate of drug-likeness (QED) is 0.842. The molecule has 0 N–H and O–H groups in total. The lowest BCUT2D eigenvalue weighted by Crippen LogP contribution is -2.44.